The number of rotatable bonds is 7. The van der Waals surface area contributed by atoms with Gasteiger partial charge in [0.05, 0.1) is 7.11 Å². The molecule has 0 saturated heterocycles. The smallest absolute Gasteiger partial charge is 0.251 e. The summed E-state index contributed by atoms with van der Waals surface area (Å²) in [7, 11) is 3.20. The molecule has 0 saturated carbocycles. The largest absolute Gasteiger partial charge is 0.497 e. The molecular formula is C27H26N2O5. The van der Waals surface area contributed by atoms with Crippen LogP contribution in [-0.2, 0) is 9.59 Å². The predicted molar refractivity (Wildman–Crippen MR) is 130 cm³/mol. The fraction of sp³-hybridized carbons (Fsp3) is 0.185. The average molecular weight is 459 g/mol. The van der Waals surface area contributed by atoms with Gasteiger partial charge in [-0.2, -0.15) is 0 Å². The van der Waals surface area contributed by atoms with Gasteiger partial charge >= 0.3 is 0 Å². The summed E-state index contributed by atoms with van der Waals surface area (Å²) in [6, 6.07) is 19.2. The van der Waals surface area contributed by atoms with Gasteiger partial charge in [-0.05, 0) is 60.5 Å². The Balaban J connectivity index is 1.55. The Labute approximate surface area is 198 Å². The van der Waals surface area contributed by atoms with Crippen LogP contribution in [0.25, 0.3) is 6.08 Å². The Morgan fingerprint density at radius 1 is 1.00 bits per heavy atom. The van der Waals surface area contributed by atoms with Gasteiger partial charge in [0.15, 0.2) is 11.5 Å². The number of carbonyl (C=O) groups is 2. The van der Waals surface area contributed by atoms with Crippen molar-refractivity contribution in [3.8, 4) is 17.2 Å². The van der Waals surface area contributed by atoms with Crippen molar-refractivity contribution in [1.29, 1.82) is 0 Å². The van der Waals surface area contributed by atoms with Crippen LogP contribution in [0.3, 0.4) is 0 Å². The van der Waals surface area contributed by atoms with Gasteiger partial charge in [-0.3, -0.25) is 9.59 Å². The van der Waals surface area contributed by atoms with E-state index in [9.17, 15) is 9.59 Å². The van der Waals surface area contributed by atoms with Crippen molar-refractivity contribution in [1.82, 2.24) is 4.90 Å². The first-order valence-electron chi connectivity index (χ1n) is 10.8. The molecule has 0 fully saturated rings. The van der Waals surface area contributed by atoms with Crippen molar-refractivity contribution < 1.29 is 23.8 Å². The van der Waals surface area contributed by atoms with E-state index in [4.69, 9.17) is 14.2 Å². The van der Waals surface area contributed by atoms with Gasteiger partial charge in [-0.15, -0.1) is 0 Å². The summed E-state index contributed by atoms with van der Waals surface area (Å²) in [5.41, 5.74) is 3.18. The number of likely N-dealkylation sites (N-methyl/N-ethyl adjacent to an activating group) is 1. The number of benzene rings is 3. The van der Waals surface area contributed by atoms with Crippen LogP contribution in [0.15, 0.2) is 72.8 Å². The predicted octanol–water partition coefficient (Wildman–Crippen LogP) is 4.58. The summed E-state index contributed by atoms with van der Waals surface area (Å²) in [5.74, 6) is 1.37. The van der Waals surface area contributed by atoms with Crippen molar-refractivity contribution in [2.75, 3.05) is 26.3 Å². The first-order chi connectivity index (χ1) is 16.4. The van der Waals surface area contributed by atoms with E-state index in [0.29, 0.717) is 28.5 Å². The van der Waals surface area contributed by atoms with Gasteiger partial charge in [0.1, 0.15) is 11.8 Å². The summed E-state index contributed by atoms with van der Waals surface area (Å²) in [6.07, 6.45) is 3.13. The molecule has 1 aliphatic rings. The van der Waals surface area contributed by atoms with E-state index < -0.39 is 6.04 Å². The molecule has 1 atom stereocenters. The summed E-state index contributed by atoms with van der Waals surface area (Å²) in [5, 5.41) is 2.90. The Morgan fingerprint density at radius 2 is 1.71 bits per heavy atom. The van der Waals surface area contributed by atoms with E-state index in [1.165, 1.54) is 11.0 Å². The fourth-order valence-corrected chi connectivity index (χ4v) is 3.61. The maximum absolute atomic E-state index is 13.3. The number of anilines is 1. The summed E-state index contributed by atoms with van der Waals surface area (Å²) in [6.45, 7) is 2.16. The third-order valence-electron chi connectivity index (χ3n) is 5.55. The van der Waals surface area contributed by atoms with Crippen LogP contribution in [0, 0.1) is 6.92 Å². The molecule has 1 N–H and O–H groups in total. The monoisotopic (exact) mass is 458 g/mol. The average Bonchev–Trinajstić information content (AvgIpc) is 3.32. The van der Waals surface area contributed by atoms with Crippen LogP contribution in [0.5, 0.6) is 17.2 Å². The minimum atomic E-state index is -0.823. The molecule has 1 heterocycles. The zero-order valence-electron chi connectivity index (χ0n) is 19.3. The van der Waals surface area contributed by atoms with E-state index in [1.54, 1.807) is 56.6 Å². The van der Waals surface area contributed by atoms with Gasteiger partial charge in [0, 0.05) is 18.8 Å². The fourth-order valence-electron chi connectivity index (χ4n) is 3.61. The number of nitrogens with one attached hydrogen (secondary N) is 1. The number of carbonyl (C=O) groups excluding carboxylic acids is 2. The number of fused-ring (bicyclic) bond motifs is 1. The molecule has 0 radical (unpaired) electrons. The molecule has 4 rings (SSSR count). The maximum Gasteiger partial charge on any atom is 0.251 e. The first-order valence-corrected chi connectivity index (χ1v) is 10.8. The van der Waals surface area contributed by atoms with Gasteiger partial charge in [0.25, 0.3) is 5.91 Å². The van der Waals surface area contributed by atoms with Gasteiger partial charge in [-0.25, -0.2) is 0 Å². The number of methoxy groups -OCH3 is 1. The molecule has 1 aliphatic heterocycles. The van der Waals surface area contributed by atoms with E-state index in [2.05, 4.69) is 5.32 Å². The first kappa shape index (κ1) is 22.9. The van der Waals surface area contributed by atoms with E-state index in [0.717, 1.165) is 11.1 Å². The van der Waals surface area contributed by atoms with Crippen LogP contribution < -0.4 is 19.5 Å². The number of nitrogens with zero attached hydrogens (tertiary/aromatic N) is 1. The van der Waals surface area contributed by atoms with Crippen molar-refractivity contribution in [3.05, 3.63) is 89.5 Å². The molecule has 1 unspecified atom stereocenters. The number of hydrogen-bond acceptors (Lipinski definition) is 5. The quantitative estimate of drug-likeness (QED) is 0.525. The van der Waals surface area contributed by atoms with E-state index in [1.807, 2.05) is 37.3 Å². The van der Waals surface area contributed by atoms with Gasteiger partial charge in [0.2, 0.25) is 12.7 Å². The van der Waals surface area contributed by atoms with E-state index in [-0.39, 0.29) is 18.6 Å². The lowest BCUT2D eigenvalue weighted by atomic mass is 10.0. The molecule has 174 valence electrons. The number of amides is 2. The highest BCUT2D eigenvalue weighted by Crippen LogP contribution is 2.33. The van der Waals surface area contributed by atoms with Crippen LogP contribution in [-0.4, -0.2) is 37.7 Å². The molecular weight excluding hydrogens is 432 g/mol. The number of ether oxygens (including phenoxy) is 3. The second-order valence-electron chi connectivity index (χ2n) is 7.93. The van der Waals surface area contributed by atoms with Gasteiger partial charge in [-0.1, -0.05) is 35.9 Å². The zero-order valence-corrected chi connectivity index (χ0v) is 19.3. The molecule has 0 aliphatic carbocycles. The lowest BCUT2D eigenvalue weighted by molar-refractivity contribution is -0.133. The molecule has 2 amide bonds. The zero-order chi connectivity index (χ0) is 24.1. The van der Waals surface area contributed by atoms with Crippen molar-refractivity contribution in [2.24, 2.45) is 0 Å². The number of aryl methyl sites for hydroxylation is 1. The molecule has 34 heavy (non-hydrogen) atoms. The molecule has 3 aromatic rings. The normalized spacial score (nSPS) is 12.9. The highest BCUT2D eigenvalue weighted by Gasteiger charge is 2.28. The van der Waals surface area contributed by atoms with Crippen LogP contribution in [0.1, 0.15) is 22.7 Å². The standard InChI is InChI=1S/C27H26N2O5/c1-18-4-8-20(9-5-18)26(27(31)28-21-10-12-22(32-3)13-11-21)29(2)25(30)15-7-19-6-14-23-24(16-19)34-17-33-23/h4-16,26H,17H2,1-3H3,(H,28,31)/b15-7-. The molecule has 0 bridgehead atoms. The minimum Gasteiger partial charge on any atom is -0.497 e. The molecule has 7 heteroatoms. The highest BCUT2D eigenvalue weighted by atomic mass is 16.7. The van der Waals surface area contributed by atoms with Crippen LogP contribution >= 0.6 is 0 Å². The van der Waals surface area contributed by atoms with Crippen molar-refractivity contribution >= 4 is 23.6 Å². The third-order valence-corrected chi connectivity index (χ3v) is 5.55. The molecule has 3 aromatic carbocycles. The lowest BCUT2D eigenvalue weighted by Crippen LogP contribution is -2.37. The molecule has 0 aromatic heterocycles. The summed E-state index contributed by atoms with van der Waals surface area (Å²) in [4.78, 5) is 27.8. The highest BCUT2D eigenvalue weighted by molar-refractivity contribution is 6.00. The second-order valence-corrected chi connectivity index (χ2v) is 7.93. The molecule has 7 nitrogen and oxygen atoms in total. The van der Waals surface area contributed by atoms with Gasteiger partial charge < -0.3 is 24.4 Å². The lowest BCUT2D eigenvalue weighted by Gasteiger charge is -2.27. The number of hydrogen-bond donors (Lipinski definition) is 1. The molecule has 0 spiro atoms. The summed E-state index contributed by atoms with van der Waals surface area (Å²) >= 11 is 0. The Hall–Kier alpha value is -4.26. The SMILES string of the molecule is COc1ccc(NC(=O)C(c2ccc(C)cc2)N(C)C(=O)/C=C\c2ccc3c(c2)OCO3)cc1. The van der Waals surface area contributed by atoms with Crippen LogP contribution in [0.2, 0.25) is 0 Å². The second kappa shape index (κ2) is 10.1. The summed E-state index contributed by atoms with van der Waals surface area (Å²) < 4.78 is 15.9. The van der Waals surface area contributed by atoms with Crippen molar-refractivity contribution in [2.45, 2.75) is 13.0 Å². The Morgan fingerprint density at radius 3 is 2.41 bits per heavy atom. The topological polar surface area (TPSA) is 77.1 Å². The Kier molecular flexibility index (Phi) is 6.82. The Bertz CT molecular complexity index is 1200. The maximum atomic E-state index is 13.3. The minimum absolute atomic E-state index is 0.186. The third kappa shape index (κ3) is 5.20. The van der Waals surface area contributed by atoms with E-state index >= 15 is 0 Å². The van der Waals surface area contributed by atoms with Crippen molar-refractivity contribution in [3.63, 3.8) is 0 Å². The van der Waals surface area contributed by atoms with Crippen LogP contribution in [0.4, 0.5) is 5.69 Å².